The molecule has 0 bridgehead atoms. The molecular formula is C12H21ClN4O2. The van der Waals surface area contributed by atoms with Gasteiger partial charge in [0.1, 0.15) is 0 Å². The smallest absolute Gasteiger partial charge is 0.225 e. The summed E-state index contributed by atoms with van der Waals surface area (Å²) >= 11 is 0. The molecule has 1 amide bonds. The molecule has 19 heavy (non-hydrogen) atoms. The number of aliphatic hydroxyl groups excluding tert-OH is 1. The number of rotatable bonds is 4. The van der Waals surface area contributed by atoms with Crippen LogP contribution in [-0.4, -0.2) is 51.8 Å². The van der Waals surface area contributed by atoms with E-state index in [1.54, 1.807) is 18.1 Å². The monoisotopic (exact) mass is 288 g/mol. The lowest BCUT2D eigenvalue weighted by atomic mass is 10.1. The van der Waals surface area contributed by atoms with E-state index in [2.05, 4.69) is 10.2 Å². The second-order valence-electron chi connectivity index (χ2n) is 5.02. The summed E-state index contributed by atoms with van der Waals surface area (Å²) in [4.78, 5) is 13.8. The van der Waals surface area contributed by atoms with Gasteiger partial charge < -0.3 is 15.7 Å². The average Bonchev–Trinajstić information content (AvgIpc) is 2.96. The highest BCUT2D eigenvalue weighted by molar-refractivity contribution is 5.85. The summed E-state index contributed by atoms with van der Waals surface area (Å²) in [6, 6.07) is -0.263. The van der Waals surface area contributed by atoms with Crippen LogP contribution in [0.4, 0.5) is 0 Å². The number of H-pyrrole nitrogens is 1. The molecular weight excluding hydrogens is 268 g/mol. The van der Waals surface area contributed by atoms with Crippen molar-refractivity contribution in [1.29, 1.82) is 0 Å². The molecule has 6 nitrogen and oxygen atoms in total. The summed E-state index contributed by atoms with van der Waals surface area (Å²) in [6.07, 6.45) is 4.88. The first-order chi connectivity index (χ1) is 8.58. The number of aliphatic hydroxyl groups is 1. The van der Waals surface area contributed by atoms with Crippen LogP contribution in [0.15, 0.2) is 12.4 Å². The summed E-state index contributed by atoms with van der Waals surface area (Å²) in [6.45, 7) is 0.653. The third-order valence-electron chi connectivity index (χ3n) is 3.59. The second kappa shape index (κ2) is 6.88. The van der Waals surface area contributed by atoms with Crippen molar-refractivity contribution in [3.63, 3.8) is 0 Å². The zero-order valence-electron chi connectivity index (χ0n) is 11.0. The Morgan fingerprint density at radius 2 is 2.37 bits per heavy atom. The number of nitrogens with one attached hydrogen (secondary N) is 1. The molecule has 0 saturated heterocycles. The van der Waals surface area contributed by atoms with Crippen molar-refractivity contribution in [3.05, 3.63) is 18.0 Å². The van der Waals surface area contributed by atoms with Crippen LogP contribution in [0.2, 0.25) is 0 Å². The quantitative estimate of drug-likeness (QED) is 0.723. The van der Waals surface area contributed by atoms with Crippen LogP contribution < -0.4 is 5.73 Å². The minimum Gasteiger partial charge on any atom is -0.391 e. The van der Waals surface area contributed by atoms with Crippen LogP contribution >= 0.6 is 12.4 Å². The molecule has 1 aliphatic carbocycles. The van der Waals surface area contributed by atoms with Gasteiger partial charge in [-0.05, 0) is 24.8 Å². The van der Waals surface area contributed by atoms with Crippen LogP contribution in [0.5, 0.6) is 0 Å². The van der Waals surface area contributed by atoms with E-state index in [1.807, 2.05) is 6.20 Å². The Labute approximate surface area is 118 Å². The molecule has 4 N–H and O–H groups in total. The predicted molar refractivity (Wildman–Crippen MR) is 73.9 cm³/mol. The van der Waals surface area contributed by atoms with Gasteiger partial charge in [0, 0.05) is 31.7 Å². The molecule has 1 heterocycles. The molecule has 1 fully saturated rings. The summed E-state index contributed by atoms with van der Waals surface area (Å²) in [5.74, 6) is -0.0603. The van der Waals surface area contributed by atoms with E-state index >= 15 is 0 Å². The number of aromatic nitrogens is 2. The van der Waals surface area contributed by atoms with Crippen molar-refractivity contribution >= 4 is 18.3 Å². The van der Waals surface area contributed by atoms with Gasteiger partial charge in [0.15, 0.2) is 0 Å². The van der Waals surface area contributed by atoms with E-state index in [-0.39, 0.29) is 30.3 Å². The highest BCUT2D eigenvalue weighted by Gasteiger charge is 2.35. The Kier molecular flexibility index (Phi) is 5.78. The first-order valence-corrected chi connectivity index (χ1v) is 6.24. The van der Waals surface area contributed by atoms with Gasteiger partial charge in [-0.3, -0.25) is 9.89 Å². The van der Waals surface area contributed by atoms with Crippen LogP contribution in [0, 0.1) is 5.92 Å². The molecule has 1 aliphatic rings. The van der Waals surface area contributed by atoms with Gasteiger partial charge >= 0.3 is 0 Å². The van der Waals surface area contributed by atoms with Crippen molar-refractivity contribution in [2.75, 3.05) is 13.6 Å². The van der Waals surface area contributed by atoms with E-state index in [9.17, 15) is 9.90 Å². The van der Waals surface area contributed by atoms with Gasteiger partial charge in [-0.2, -0.15) is 5.10 Å². The second-order valence-corrected chi connectivity index (χ2v) is 5.02. The first kappa shape index (κ1) is 15.9. The molecule has 3 atom stereocenters. The third-order valence-corrected chi connectivity index (χ3v) is 3.59. The lowest BCUT2D eigenvalue weighted by Gasteiger charge is -2.20. The normalized spacial score (nSPS) is 25.9. The highest BCUT2D eigenvalue weighted by atomic mass is 35.5. The fraction of sp³-hybridized carbons (Fsp3) is 0.667. The molecule has 1 aromatic rings. The summed E-state index contributed by atoms with van der Waals surface area (Å²) in [5.41, 5.74) is 6.81. The number of amides is 1. The number of hydrogen-bond donors (Lipinski definition) is 3. The topological polar surface area (TPSA) is 95.2 Å². The van der Waals surface area contributed by atoms with Gasteiger partial charge in [0.05, 0.1) is 12.3 Å². The van der Waals surface area contributed by atoms with Gasteiger partial charge in [-0.1, -0.05) is 0 Å². The maximum Gasteiger partial charge on any atom is 0.225 e. The van der Waals surface area contributed by atoms with Crippen LogP contribution in [0.1, 0.15) is 18.4 Å². The molecule has 0 aliphatic heterocycles. The minimum atomic E-state index is -0.541. The van der Waals surface area contributed by atoms with E-state index in [4.69, 9.17) is 5.73 Å². The van der Waals surface area contributed by atoms with Crippen molar-refractivity contribution < 1.29 is 9.90 Å². The zero-order chi connectivity index (χ0) is 13.1. The molecule has 2 rings (SSSR count). The number of halogens is 1. The number of likely N-dealkylation sites (N-methyl/N-ethyl adjacent to an activating group) is 1. The Morgan fingerprint density at radius 1 is 1.63 bits per heavy atom. The van der Waals surface area contributed by atoms with Crippen molar-refractivity contribution in [1.82, 2.24) is 15.1 Å². The van der Waals surface area contributed by atoms with E-state index in [1.165, 1.54) is 0 Å². The van der Waals surface area contributed by atoms with Gasteiger partial charge in [-0.15, -0.1) is 12.4 Å². The highest BCUT2D eigenvalue weighted by Crippen LogP contribution is 2.26. The third kappa shape index (κ3) is 3.92. The predicted octanol–water partition coefficient (Wildman–Crippen LogP) is -0.0694. The molecule has 0 aromatic carbocycles. The number of carbonyl (C=O) groups excluding carboxylic acids is 1. The molecule has 1 saturated carbocycles. The van der Waals surface area contributed by atoms with Crippen LogP contribution in [0.3, 0.4) is 0 Å². The maximum atomic E-state index is 12.1. The molecule has 7 heteroatoms. The summed E-state index contributed by atoms with van der Waals surface area (Å²) in [5, 5.41) is 16.2. The Morgan fingerprint density at radius 3 is 2.89 bits per heavy atom. The Balaban J connectivity index is 0.00000180. The van der Waals surface area contributed by atoms with Crippen molar-refractivity contribution in [2.45, 2.75) is 31.4 Å². The minimum absolute atomic E-state index is 0. The standard InChI is InChI=1S/C12H20N4O2.ClH/c1-16(3-2-8-6-14-15-7-8)12(18)9-4-10(13)11(17)5-9;/h6-7,9-11,17H,2-5,13H2,1H3,(H,14,15);1H/t9-,10+,11+;/m0./s1. The van der Waals surface area contributed by atoms with E-state index in [0.717, 1.165) is 12.0 Å². The number of carbonyl (C=O) groups is 1. The molecule has 0 unspecified atom stereocenters. The maximum absolute atomic E-state index is 12.1. The lowest BCUT2D eigenvalue weighted by molar-refractivity contribution is -0.134. The number of nitrogens with two attached hydrogens (primary N) is 1. The molecule has 0 spiro atoms. The molecule has 108 valence electrons. The summed E-state index contributed by atoms with van der Waals surface area (Å²) in [7, 11) is 1.79. The van der Waals surface area contributed by atoms with Gasteiger partial charge in [0.25, 0.3) is 0 Å². The number of aromatic amines is 1. The summed E-state index contributed by atoms with van der Waals surface area (Å²) < 4.78 is 0. The zero-order valence-corrected chi connectivity index (χ0v) is 11.8. The average molecular weight is 289 g/mol. The number of nitrogens with zero attached hydrogens (tertiary/aromatic N) is 2. The Bertz CT molecular complexity index is 388. The fourth-order valence-corrected chi connectivity index (χ4v) is 2.38. The largest absolute Gasteiger partial charge is 0.391 e. The van der Waals surface area contributed by atoms with E-state index in [0.29, 0.717) is 19.4 Å². The van der Waals surface area contributed by atoms with Gasteiger partial charge in [0.2, 0.25) is 5.91 Å². The number of hydrogen-bond acceptors (Lipinski definition) is 4. The molecule has 0 radical (unpaired) electrons. The Hall–Kier alpha value is -1.11. The SMILES string of the molecule is CN(CCc1cn[nH]c1)C(=O)[C@H]1C[C@@H](N)[C@H](O)C1.Cl. The van der Waals surface area contributed by atoms with Crippen LogP contribution in [0.25, 0.3) is 0 Å². The first-order valence-electron chi connectivity index (χ1n) is 6.24. The van der Waals surface area contributed by atoms with Crippen molar-refractivity contribution in [3.8, 4) is 0 Å². The van der Waals surface area contributed by atoms with Crippen molar-refractivity contribution in [2.24, 2.45) is 11.7 Å². The molecule has 1 aromatic heterocycles. The lowest BCUT2D eigenvalue weighted by Crippen LogP contribution is -2.34. The van der Waals surface area contributed by atoms with E-state index < -0.39 is 6.10 Å². The van der Waals surface area contributed by atoms with Gasteiger partial charge in [-0.25, -0.2) is 0 Å². The fourth-order valence-electron chi connectivity index (χ4n) is 2.38. The van der Waals surface area contributed by atoms with Crippen LogP contribution in [-0.2, 0) is 11.2 Å².